The molecule has 0 saturated carbocycles. The first-order valence-electron chi connectivity index (χ1n) is 7.38. The molecule has 114 valence electrons. The second-order valence-corrected chi connectivity index (χ2v) is 8.24. The molecule has 0 aromatic heterocycles. The molecule has 0 unspecified atom stereocenters. The molecular formula is C15H19ClO4Ti. The van der Waals surface area contributed by atoms with Crippen LogP contribution < -0.4 is 12.4 Å². The van der Waals surface area contributed by atoms with Crippen molar-refractivity contribution in [2.45, 2.75) is 55.6 Å². The van der Waals surface area contributed by atoms with Crippen LogP contribution in [0.25, 0.3) is 0 Å². The van der Waals surface area contributed by atoms with Gasteiger partial charge in [0.15, 0.2) is 0 Å². The van der Waals surface area contributed by atoms with Crippen molar-refractivity contribution in [1.29, 1.82) is 0 Å². The van der Waals surface area contributed by atoms with Gasteiger partial charge in [-0.15, -0.1) is 0 Å². The molecule has 0 saturated heterocycles. The number of hydrogen-bond acceptors (Lipinski definition) is 4. The minimum absolute atomic E-state index is 0. The van der Waals surface area contributed by atoms with E-state index >= 15 is 0 Å². The van der Waals surface area contributed by atoms with Crippen molar-refractivity contribution in [3.05, 3.63) is 22.3 Å². The average Bonchev–Trinajstić information content (AvgIpc) is 2.82. The van der Waals surface area contributed by atoms with E-state index in [1.54, 1.807) is 0 Å². The minimum Gasteiger partial charge on any atom is -1.00 e. The molecular weight excluding hydrogens is 327 g/mol. The fourth-order valence-corrected chi connectivity index (χ4v) is 6.63. The molecule has 0 spiro atoms. The van der Waals surface area contributed by atoms with Gasteiger partial charge in [0.2, 0.25) is 0 Å². The number of hydrogen-bond donors (Lipinski definition) is 0. The van der Waals surface area contributed by atoms with Gasteiger partial charge in [0.05, 0.1) is 0 Å². The first-order chi connectivity index (χ1) is 9.86. The van der Waals surface area contributed by atoms with E-state index < -0.39 is 18.6 Å². The van der Waals surface area contributed by atoms with Crippen LogP contribution in [0.4, 0.5) is 0 Å². The van der Waals surface area contributed by atoms with Crippen molar-refractivity contribution in [2.24, 2.45) is 0 Å². The number of carbonyl (C=O) groups excluding carboxylic acids is 2. The molecule has 6 heteroatoms. The van der Waals surface area contributed by atoms with E-state index in [0.29, 0.717) is 12.9 Å². The van der Waals surface area contributed by atoms with Gasteiger partial charge in [-0.05, 0) is 0 Å². The number of carbonyl (C=O) groups is 2. The number of rotatable bonds is 5. The average molecular weight is 347 g/mol. The van der Waals surface area contributed by atoms with Crippen molar-refractivity contribution in [3.63, 3.8) is 0 Å². The topological polar surface area (TPSA) is 52.6 Å². The molecule has 21 heavy (non-hydrogen) atoms. The van der Waals surface area contributed by atoms with Gasteiger partial charge >= 0.3 is 126 Å². The van der Waals surface area contributed by atoms with Crippen LogP contribution in [0.1, 0.15) is 51.4 Å². The Hall–Kier alpha value is -0.576. The molecule has 0 heterocycles. The summed E-state index contributed by atoms with van der Waals surface area (Å²) in [4.78, 5) is 21.5. The minimum atomic E-state index is -2.64. The van der Waals surface area contributed by atoms with E-state index in [0.717, 1.165) is 25.7 Å². The molecule has 0 radical (unpaired) electrons. The molecule has 0 aliphatic heterocycles. The van der Waals surface area contributed by atoms with Crippen LogP contribution in [0.2, 0.25) is 4.22 Å². The van der Waals surface area contributed by atoms with Gasteiger partial charge in [0.25, 0.3) is 0 Å². The van der Waals surface area contributed by atoms with Gasteiger partial charge in [-0.25, -0.2) is 0 Å². The third-order valence-electron chi connectivity index (χ3n) is 4.65. The van der Waals surface area contributed by atoms with E-state index in [1.165, 1.54) is 48.0 Å². The maximum absolute atomic E-state index is 10.8. The largest absolute Gasteiger partial charge is 1.00 e. The van der Waals surface area contributed by atoms with Crippen molar-refractivity contribution in [3.8, 4) is 0 Å². The van der Waals surface area contributed by atoms with E-state index in [9.17, 15) is 9.59 Å². The molecule has 0 fully saturated rings. The maximum Gasteiger partial charge on any atom is -1.00 e. The van der Waals surface area contributed by atoms with E-state index in [4.69, 9.17) is 6.64 Å². The van der Waals surface area contributed by atoms with Gasteiger partial charge in [0, 0.05) is 0 Å². The molecule has 0 amide bonds. The summed E-state index contributed by atoms with van der Waals surface area (Å²) in [7, 11) is 0. The molecule has 0 N–H and O–H groups in total. The zero-order valence-corrected chi connectivity index (χ0v) is 14.2. The van der Waals surface area contributed by atoms with Gasteiger partial charge in [-0.2, -0.15) is 0 Å². The van der Waals surface area contributed by atoms with Crippen molar-refractivity contribution in [2.75, 3.05) is 0 Å². The summed E-state index contributed by atoms with van der Waals surface area (Å²) in [6.45, 7) is 0.923. The zero-order chi connectivity index (χ0) is 13.9. The Morgan fingerprint density at radius 2 is 1.24 bits per heavy atom. The molecule has 3 aliphatic carbocycles. The molecule has 4 nitrogen and oxygen atoms in total. The molecule has 0 bridgehead atoms. The van der Waals surface area contributed by atoms with Crippen molar-refractivity contribution < 1.29 is 47.3 Å². The summed E-state index contributed by atoms with van der Waals surface area (Å²) < 4.78 is 10.6. The van der Waals surface area contributed by atoms with Crippen LogP contribution in [0, 0.1) is 0 Å². The van der Waals surface area contributed by atoms with Crippen LogP contribution in [0.15, 0.2) is 22.3 Å². The van der Waals surface area contributed by atoms with Gasteiger partial charge < -0.3 is 12.4 Å². The third-order valence-corrected chi connectivity index (χ3v) is 7.50. The predicted octanol–water partition coefficient (Wildman–Crippen LogP) is 0.328. The standard InChI is InChI=1S/C13H17.2CH2O2.ClH.Ti/c1-3-7-12-10(5-1)9-11-6-2-4-8-13(11)12;2*2-1-3;;/h9H,1-8H2;2*1H,(H,2,3);1H;/q;;;;+3/p-3. The summed E-state index contributed by atoms with van der Waals surface area (Å²) in [5.74, 6) is 0. The Labute approximate surface area is 138 Å². The summed E-state index contributed by atoms with van der Waals surface area (Å²) in [6.07, 6.45) is 9.35. The van der Waals surface area contributed by atoms with Crippen LogP contribution in [-0.2, 0) is 34.9 Å². The first-order valence-corrected chi connectivity index (χ1v) is 9.56. The Morgan fingerprint density at radius 3 is 1.67 bits per heavy atom. The summed E-state index contributed by atoms with van der Waals surface area (Å²) in [6, 6.07) is 0. The second-order valence-electron chi connectivity index (χ2n) is 5.60. The Morgan fingerprint density at radius 1 is 0.810 bits per heavy atom. The number of allylic oxidation sites excluding steroid dienone is 4. The third kappa shape index (κ3) is 3.13. The van der Waals surface area contributed by atoms with Crippen LogP contribution in [-0.4, -0.2) is 12.9 Å². The van der Waals surface area contributed by atoms with E-state index in [2.05, 4.69) is 0 Å². The quantitative estimate of drug-likeness (QED) is 0.532. The Kier molecular flexibility index (Phi) is 6.09. The van der Waals surface area contributed by atoms with E-state index in [-0.39, 0.29) is 16.6 Å². The van der Waals surface area contributed by atoms with Gasteiger partial charge in [-0.1, -0.05) is 0 Å². The maximum atomic E-state index is 10.8. The van der Waals surface area contributed by atoms with Gasteiger partial charge in [0.1, 0.15) is 0 Å². The molecule has 3 rings (SSSR count). The number of halogens is 1. The first kappa shape index (κ1) is 16.8. The van der Waals surface area contributed by atoms with Crippen molar-refractivity contribution >= 4 is 12.9 Å². The fraction of sp³-hybridized carbons (Fsp3) is 0.600. The second kappa shape index (κ2) is 7.62. The Balaban J connectivity index is 0.00000161. The van der Waals surface area contributed by atoms with Gasteiger partial charge in [-0.3, -0.25) is 0 Å². The Bertz CT molecular complexity index is 444. The van der Waals surface area contributed by atoms with Crippen molar-refractivity contribution in [1.82, 2.24) is 0 Å². The molecule has 0 atom stereocenters. The van der Waals surface area contributed by atoms with Crippen LogP contribution >= 0.6 is 0 Å². The zero-order valence-electron chi connectivity index (χ0n) is 11.9. The fourth-order valence-electron chi connectivity index (χ4n) is 3.94. The molecule has 3 aliphatic rings. The summed E-state index contributed by atoms with van der Waals surface area (Å²) in [5.41, 5.74) is 5.90. The molecule has 0 aromatic rings. The molecule has 0 aromatic carbocycles. The normalized spacial score (nSPS) is 21.1. The van der Waals surface area contributed by atoms with Crippen LogP contribution in [0.3, 0.4) is 0 Å². The van der Waals surface area contributed by atoms with Crippen LogP contribution in [0.5, 0.6) is 0 Å². The SMILES string of the molecule is O=C[O][Ti+]([O]C=O)[CH]1C2=C(CCCC2)C2=C1CCCC2.[Cl-]. The van der Waals surface area contributed by atoms with E-state index in [1.807, 2.05) is 0 Å². The summed E-state index contributed by atoms with van der Waals surface area (Å²) in [5, 5.41) is 0. The monoisotopic (exact) mass is 346 g/mol. The summed E-state index contributed by atoms with van der Waals surface area (Å²) >= 11 is -2.64. The predicted molar refractivity (Wildman–Crippen MR) is 69.0 cm³/mol. The smallest absolute Gasteiger partial charge is 1.00 e. The number of fused-ring (bicyclic) bond motifs is 1.